The highest BCUT2D eigenvalue weighted by Gasteiger charge is 2.20. The van der Waals surface area contributed by atoms with Crippen LogP contribution in [0.25, 0.3) is 0 Å². The largest absolute Gasteiger partial charge is 0.356 e. The summed E-state index contributed by atoms with van der Waals surface area (Å²) in [7, 11) is -3.46. The Morgan fingerprint density at radius 1 is 1.07 bits per heavy atom. The second kappa shape index (κ2) is 9.55. The average Bonchev–Trinajstić information content (AvgIpc) is 2.61. The molecule has 1 amide bonds. The van der Waals surface area contributed by atoms with Crippen LogP contribution in [0.3, 0.4) is 0 Å². The Balaban J connectivity index is 1.87. The molecule has 2 rings (SSSR count). The highest BCUT2D eigenvalue weighted by Crippen LogP contribution is 2.24. The topological polar surface area (TPSA) is 66.5 Å². The Morgan fingerprint density at radius 3 is 2.44 bits per heavy atom. The van der Waals surface area contributed by atoms with E-state index >= 15 is 0 Å². The van der Waals surface area contributed by atoms with Gasteiger partial charge in [-0.1, -0.05) is 42.5 Å². The van der Waals surface area contributed by atoms with Crippen molar-refractivity contribution in [3.8, 4) is 0 Å². The molecule has 0 saturated heterocycles. The Hall–Kier alpha value is -2.34. The third kappa shape index (κ3) is 6.71. The number of hydrogen-bond acceptors (Lipinski definition) is 3. The lowest BCUT2D eigenvalue weighted by Gasteiger charge is -2.24. The van der Waals surface area contributed by atoms with E-state index in [2.05, 4.69) is 17.4 Å². The van der Waals surface area contributed by atoms with Crippen molar-refractivity contribution in [1.29, 1.82) is 0 Å². The van der Waals surface area contributed by atoms with Crippen LogP contribution in [-0.2, 0) is 21.2 Å². The fourth-order valence-corrected chi connectivity index (χ4v) is 3.89. The maximum Gasteiger partial charge on any atom is 0.232 e. The zero-order chi connectivity index (χ0) is 19.9. The summed E-state index contributed by atoms with van der Waals surface area (Å²) in [5.74, 6) is -0.137. The number of carbonyl (C=O) groups excluding carboxylic acids is 1. The summed E-state index contributed by atoms with van der Waals surface area (Å²) in [5, 5.41) is 2.88. The third-order valence-corrected chi connectivity index (χ3v) is 5.56. The summed E-state index contributed by atoms with van der Waals surface area (Å²) >= 11 is 0. The molecule has 146 valence electrons. The molecule has 0 atom stereocenters. The van der Waals surface area contributed by atoms with Crippen LogP contribution in [-0.4, -0.2) is 33.7 Å². The van der Waals surface area contributed by atoms with Gasteiger partial charge >= 0.3 is 0 Å². The number of nitrogens with zero attached hydrogens (tertiary/aromatic N) is 1. The van der Waals surface area contributed by atoms with Gasteiger partial charge in [0.25, 0.3) is 0 Å². The van der Waals surface area contributed by atoms with Gasteiger partial charge in [0.2, 0.25) is 15.9 Å². The third-order valence-electron chi connectivity index (χ3n) is 4.38. The molecule has 0 fully saturated rings. The summed E-state index contributed by atoms with van der Waals surface area (Å²) in [5.41, 5.74) is 3.73. The maximum absolute atomic E-state index is 12.2. The Labute approximate surface area is 162 Å². The minimum absolute atomic E-state index is 0.131. The molecule has 0 heterocycles. The lowest BCUT2D eigenvalue weighted by molar-refractivity contribution is -0.120. The van der Waals surface area contributed by atoms with Gasteiger partial charge < -0.3 is 5.32 Å². The molecule has 1 N–H and O–H groups in total. The first kappa shape index (κ1) is 21.0. The van der Waals surface area contributed by atoms with Crippen LogP contribution >= 0.6 is 0 Å². The summed E-state index contributed by atoms with van der Waals surface area (Å²) in [6.45, 7) is 4.50. The second-order valence-corrected chi connectivity index (χ2v) is 8.72. The smallest absolute Gasteiger partial charge is 0.232 e. The monoisotopic (exact) mass is 388 g/mol. The summed E-state index contributed by atoms with van der Waals surface area (Å²) < 4.78 is 25.8. The van der Waals surface area contributed by atoms with E-state index < -0.39 is 10.0 Å². The van der Waals surface area contributed by atoms with E-state index in [9.17, 15) is 13.2 Å². The SMILES string of the molecule is Cc1ccc(C)c(N(CCC(=O)NCCCc2ccccc2)S(C)(=O)=O)c1. The first-order valence-corrected chi connectivity index (χ1v) is 11.0. The minimum atomic E-state index is -3.46. The number of sulfonamides is 1. The van der Waals surface area contributed by atoms with Gasteiger partial charge in [0.15, 0.2) is 0 Å². The van der Waals surface area contributed by atoms with Crippen molar-refractivity contribution >= 4 is 21.6 Å². The van der Waals surface area contributed by atoms with Crippen LogP contribution in [0.1, 0.15) is 29.5 Å². The van der Waals surface area contributed by atoms with Crippen molar-refractivity contribution in [2.24, 2.45) is 0 Å². The second-order valence-electron chi connectivity index (χ2n) is 6.81. The van der Waals surface area contributed by atoms with Gasteiger partial charge in [-0.05, 0) is 49.4 Å². The van der Waals surface area contributed by atoms with E-state index in [4.69, 9.17) is 0 Å². The van der Waals surface area contributed by atoms with Crippen LogP contribution in [0.15, 0.2) is 48.5 Å². The zero-order valence-electron chi connectivity index (χ0n) is 16.2. The van der Waals surface area contributed by atoms with E-state index in [1.165, 1.54) is 16.1 Å². The highest BCUT2D eigenvalue weighted by atomic mass is 32.2. The lowest BCUT2D eigenvalue weighted by atomic mass is 10.1. The van der Waals surface area contributed by atoms with Crippen molar-refractivity contribution in [1.82, 2.24) is 5.32 Å². The Morgan fingerprint density at radius 2 is 1.78 bits per heavy atom. The molecule has 0 aliphatic carbocycles. The molecule has 2 aromatic rings. The molecular weight excluding hydrogens is 360 g/mol. The molecule has 0 aliphatic heterocycles. The van der Waals surface area contributed by atoms with Crippen LogP contribution in [0, 0.1) is 13.8 Å². The molecule has 0 aliphatic rings. The van der Waals surface area contributed by atoms with Crippen molar-refractivity contribution in [2.75, 3.05) is 23.7 Å². The lowest BCUT2D eigenvalue weighted by Crippen LogP contribution is -2.35. The van der Waals surface area contributed by atoms with Crippen molar-refractivity contribution in [3.63, 3.8) is 0 Å². The highest BCUT2D eigenvalue weighted by molar-refractivity contribution is 7.92. The molecule has 0 saturated carbocycles. The van der Waals surface area contributed by atoms with Gasteiger partial charge in [-0.25, -0.2) is 8.42 Å². The average molecular weight is 389 g/mol. The van der Waals surface area contributed by atoms with Crippen molar-refractivity contribution < 1.29 is 13.2 Å². The normalized spacial score (nSPS) is 11.2. The minimum Gasteiger partial charge on any atom is -0.356 e. The summed E-state index contributed by atoms with van der Waals surface area (Å²) in [4.78, 5) is 12.1. The molecule has 5 nitrogen and oxygen atoms in total. The summed E-state index contributed by atoms with van der Waals surface area (Å²) in [6.07, 6.45) is 3.06. The van der Waals surface area contributed by atoms with E-state index in [1.54, 1.807) is 0 Å². The maximum atomic E-state index is 12.2. The molecule has 0 radical (unpaired) electrons. The number of aryl methyl sites for hydroxylation is 3. The predicted octanol–water partition coefficient (Wildman–Crippen LogP) is 3.21. The number of anilines is 1. The van der Waals surface area contributed by atoms with E-state index in [1.807, 2.05) is 50.2 Å². The van der Waals surface area contributed by atoms with Gasteiger partial charge in [-0.15, -0.1) is 0 Å². The van der Waals surface area contributed by atoms with E-state index in [0.29, 0.717) is 12.2 Å². The number of hydrogen-bond donors (Lipinski definition) is 1. The molecule has 0 aromatic heterocycles. The molecule has 27 heavy (non-hydrogen) atoms. The van der Waals surface area contributed by atoms with Gasteiger partial charge in [0.1, 0.15) is 0 Å². The first-order valence-electron chi connectivity index (χ1n) is 9.13. The fourth-order valence-electron chi connectivity index (χ4n) is 2.91. The molecule has 0 bridgehead atoms. The standard InChI is InChI=1S/C21H28N2O3S/c1-17-11-12-18(2)20(16-17)23(27(3,25)26)15-13-21(24)22-14-7-10-19-8-5-4-6-9-19/h4-6,8-9,11-12,16H,7,10,13-15H2,1-3H3,(H,22,24). The number of amides is 1. The van der Waals surface area contributed by atoms with Gasteiger partial charge in [0.05, 0.1) is 11.9 Å². The van der Waals surface area contributed by atoms with Crippen LogP contribution in [0.4, 0.5) is 5.69 Å². The van der Waals surface area contributed by atoms with Crippen molar-refractivity contribution in [2.45, 2.75) is 33.1 Å². The van der Waals surface area contributed by atoms with Crippen LogP contribution in [0.5, 0.6) is 0 Å². The van der Waals surface area contributed by atoms with Crippen molar-refractivity contribution in [3.05, 3.63) is 65.2 Å². The number of rotatable bonds is 9. The van der Waals surface area contributed by atoms with Crippen LogP contribution in [0.2, 0.25) is 0 Å². The summed E-state index contributed by atoms with van der Waals surface area (Å²) in [6, 6.07) is 15.8. The quantitative estimate of drug-likeness (QED) is 0.671. The molecule has 0 unspecified atom stereocenters. The molecule has 2 aromatic carbocycles. The molecular formula is C21H28N2O3S. The predicted molar refractivity (Wildman–Crippen MR) is 110 cm³/mol. The zero-order valence-corrected chi connectivity index (χ0v) is 17.1. The number of nitrogens with one attached hydrogen (secondary N) is 1. The Bertz CT molecular complexity index is 864. The van der Waals surface area contributed by atoms with E-state index in [-0.39, 0.29) is 18.9 Å². The van der Waals surface area contributed by atoms with Gasteiger partial charge in [0, 0.05) is 19.5 Å². The van der Waals surface area contributed by atoms with E-state index in [0.717, 1.165) is 24.0 Å². The number of benzene rings is 2. The number of carbonyl (C=O) groups is 1. The van der Waals surface area contributed by atoms with Gasteiger partial charge in [-0.2, -0.15) is 0 Å². The first-order chi connectivity index (χ1) is 12.8. The van der Waals surface area contributed by atoms with Gasteiger partial charge in [-0.3, -0.25) is 9.10 Å². The van der Waals surface area contributed by atoms with Crippen LogP contribution < -0.4 is 9.62 Å². The molecule has 0 spiro atoms. The Kier molecular flexibility index (Phi) is 7.42. The fraction of sp³-hybridized carbons (Fsp3) is 0.381. The molecule has 6 heteroatoms.